The Kier molecular flexibility index (Phi) is 6.00. The molecule has 2 rings (SSSR count). The Morgan fingerprint density at radius 3 is 2.73 bits per heavy atom. The number of ether oxygens (including phenoxy) is 1. The third-order valence-corrected chi connectivity index (χ3v) is 3.73. The molecule has 1 atom stereocenters. The number of nitrogens with one attached hydrogen (secondary N) is 2. The smallest absolute Gasteiger partial charge is 0.315 e. The number of para-hydroxylation sites is 1. The molecular formula is C16H23FN2O3. The van der Waals surface area contributed by atoms with Gasteiger partial charge in [0, 0.05) is 6.04 Å². The molecule has 5 nitrogen and oxygen atoms in total. The van der Waals surface area contributed by atoms with E-state index in [9.17, 15) is 14.3 Å². The van der Waals surface area contributed by atoms with E-state index in [1.165, 1.54) is 6.07 Å². The fraction of sp³-hybridized carbons (Fsp3) is 0.562. The van der Waals surface area contributed by atoms with Gasteiger partial charge in [0.15, 0.2) is 11.6 Å². The van der Waals surface area contributed by atoms with Gasteiger partial charge in [-0.15, -0.1) is 0 Å². The van der Waals surface area contributed by atoms with Crippen molar-refractivity contribution in [2.45, 2.75) is 50.8 Å². The lowest BCUT2D eigenvalue weighted by atomic mass is 9.93. The number of benzene rings is 1. The number of carbonyl (C=O) groups is 1. The molecule has 1 unspecified atom stereocenters. The molecule has 6 heteroatoms. The molecule has 0 spiro atoms. The van der Waals surface area contributed by atoms with Crippen LogP contribution in [0, 0.1) is 5.82 Å². The Morgan fingerprint density at radius 1 is 1.36 bits per heavy atom. The van der Waals surface area contributed by atoms with Crippen molar-refractivity contribution in [1.82, 2.24) is 10.6 Å². The topological polar surface area (TPSA) is 70.6 Å². The van der Waals surface area contributed by atoms with Crippen molar-refractivity contribution >= 4 is 6.03 Å². The van der Waals surface area contributed by atoms with E-state index in [-0.39, 0.29) is 36.6 Å². The predicted molar refractivity (Wildman–Crippen MR) is 81.3 cm³/mol. The van der Waals surface area contributed by atoms with Gasteiger partial charge in [0.25, 0.3) is 0 Å². The summed E-state index contributed by atoms with van der Waals surface area (Å²) in [6, 6.07) is 5.77. The number of carbonyl (C=O) groups excluding carboxylic acids is 1. The third-order valence-electron chi connectivity index (χ3n) is 3.73. The molecule has 2 amide bonds. The van der Waals surface area contributed by atoms with Crippen LogP contribution in [0.25, 0.3) is 0 Å². The average molecular weight is 310 g/mol. The lowest BCUT2D eigenvalue weighted by Gasteiger charge is -2.27. The Morgan fingerprint density at radius 2 is 2.05 bits per heavy atom. The maximum Gasteiger partial charge on any atom is 0.315 e. The van der Waals surface area contributed by atoms with Crippen molar-refractivity contribution in [3.8, 4) is 5.75 Å². The Bertz CT molecular complexity index is 490. The molecule has 3 N–H and O–H groups in total. The first-order valence-corrected chi connectivity index (χ1v) is 7.67. The quantitative estimate of drug-likeness (QED) is 0.781. The number of aliphatic hydroxyl groups excluding tert-OH is 1. The van der Waals surface area contributed by atoms with Gasteiger partial charge in [-0.05, 0) is 44.7 Å². The number of urea groups is 1. The van der Waals surface area contributed by atoms with Gasteiger partial charge in [-0.3, -0.25) is 0 Å². The number of hydrogen-bond acceptors (Lipinski definition) is 3. The zero-order valence-corrected chi connectivity index (χ0v) is 12.7. The number of aliphatic hydroxyl groups is 1. The summed E-state index contributed by atoms with van der Waals surface area (Å²) >= 11 is 0. The van der Waals surface area contributed by atoms with Gasteiger partial charge in [-0.25, -0.2) is 9.18 Å². The molecule has 1 aromatic rings. The first kappa shape index (κ1) is 16.5. The molecule has 1 aliphatic rings. The Balaban J connectivity index is 1.69. The SMILES string of the molecule is CC(COc1ccccc1F)NC(=O)NC1CCC(O)CC1. The van der Waals surface area contributed by atoms with Crippen LogP contribution in [0.4, 0.5) is 9.18 Å². The summed E-state index contributed by atoms with van der Waals surface area (Å²) in [4.78, 5) is 11.9. The van der Waals surface area contributed by atoms with E-state index < -0.39 is 5.82 Å². The van der Waals surface area contributed by atoms with Crippen molar-refractivity contribution in [2.24, 2.45) is 0 Å². The second-order valence-electron chi connectivity index (χ2n) is 5.77. The van der Waals surface area contributed by atoms with Crippen LogP contribution in [0.15, 0.2) is 24.3 Å². The van der Waals surface area contributed by atoms with Gasteiger partial charge in [-0.2, -0.15) is 0 Å². The average Bonchev–Trinajstić information content (AvgIpc) is 2.49. The summed E-state index contributed by atoms with van der Waals surface area (Å²) in [5.74, 6) is -0.238. The Hall–Kier alpha value is -1.82. The lowest BCUT2D eigenvalue weighted by Crippen LogP contribution is -2.48. The van der Waals surface area contributed by atoms with E-state index in [4.69, 9.17) is 4.74 Å². The zero-order valence-electron chi connectivity index (χ0n) is 12.7. The minimum atomic E-state index is -0.417. The van der Waals surface area contributed by atoms with Crippen molar-refractivity contribution < 1.29 is 19.0 Å². The summed E-state index contributed by atoms with van der Waals surface area (Å²) in [5.41, 5.74) is 0. The molecule has 1 fully saturated rings. The van der Waals surface area contributed by atoms with E-state index in [0.29, 0.717) is 0 Å². The fourth-order valence-corrected chi connectivity index (χ4v) is 2.49. The molecule has 0 saturated heterocycles. The van der Waals surface area contributed by atoms with Crippen LogP contribution in [0.2, 0.25) is 0 Å². The van der Waals surface area contributed by atoms with Gasteiger partial charge >= 0.3 is 6.03 Å². The minimum absolute atomic E-state index is 0.100. The maximum atomic E-state index is 13.4. The molecular weight excluding hydrogens is 287 g/mol. The highest BCUT2D eigenvalue weighted by atomic mass is 19.1. The van der Waals surface area contributed by atoms with Crippen LogP contribution in [-0.4, -0.2) is 35.9 Å². The monoisotopic (exact) mass is 310 g/mol. The highest BCUT2D eigenvalue weighted by Crippen LogP contribution is 2.18. The summed E-state index contributed by atoms with van der Waals surface area (Å²) in [7, 11) is 0. The first-order chi connectivity index (χ1) is 10.5. The van der Waals surface area contributed by atoms with E-state index in [1.54, 1.807) is 25.1 Å². The maximum absolute atomic E-state index is 13.4. The predicted octanol–water partition coefficient (Wildman–Crippen LogP) is 2.20. The van der Waals surface area contributed by atoms with Crippen LogP contribution in [-0.2, 0) is 0 Å². The largest absolute Gasteiger partial charge is 0.488 e. The van der Waals surface area contributed by atoms with E-state index >= 15 is 0 Å². The van der Waals surface area contributed by atoms with Gasteiger partial charge in [0.2, 0.25) is 0 Å². The number of halogens is 1. The van der Waals surface area contributed by atoms with E-state index in [2.05, 4.69) is 10.6 Å². The number of rotatable bonds is 5. The van der Waals surface area contributed by atoms with Gasteiger partial charge in [-0.1, -0.05) is 12.1 Å². The van der Waals surface area contributed by atoms with Gasteiger partial charge in [0.1, 0.15) is 6.61 Å². The standard InChI is InChI=1S/C16H23FN2O3/c1-11(10-22-15-5-3-2-4-14(15)17)18-16(21)19-12-6-8-13(20)9-7-12/h2-5,11-13,20H,6-10H2,1H3,(H2,18,19,21). The summed E-state index contributed by atoms with van der Waals surface area (Å²) in [6.45, 7) is 1.99. The van der Waals surface area contributed by atoms with Crippen LogP contribution in [0.5, 0.6) is 5.75 Å². The van der Waals surface area contributed by atoms with Gasteiger partial charge in [0.05, 0.1) is 12.1 Å². The molecule has 1 aliphatic carbocycles. The lowest BCUT2D eigenvalue weighted by molar-refractivity contribution is 0.117. The minimum Gasteiger partial charge on any atom is -0.488 e. The highest BCUT2D eigenvalue weighted by Gasteiger charge is 2.21. The molecule has 0 heterocycles. The molecule has 0 aromatic heterocycles. The van der Waals surface area contributed by atoms with Crippen LogP contribution in [0.3, 0.4) is 0 Å². The molecule has 0 radical (unpaired) electrons. The van der Waals surface area contributed by atoms with Crippen LogP contribution in [0.1, 0.15) is 32.6 Å². The molecule has 0 bridgehead atoms. The molecule has 22 heavy (non-hydrogen) atoms. The normalized spacial score (nSPS) is 22.7. The number of amides is 2. The Labute approximate surface area is 129 Å². The van der Waals surface area contributed by atoms with Crippen LogP contribution >= 0.6 is 0 Å². The molecule has 1 saturated carbocycles. The summed E-state index contributed by atoms with van der Waals surface area (Å²) in [5, 5.41) is 15.1. The van der Waals surface area contributed by atoms with Crippen molar-refractivity contribution in [3.63, 3.8) is 0 Å². The second-order valence-corrected chi connectivity index (χ2v) is 5.77. The second kappa shape index (κ2) is 7.98. The van der Waals surface area contributed by atoms with Crippen molar-refractivity contribution in [1.29, 1.82) is 0 Å². The molecule has 122 valence electrons. The van der Waals surface area contributed by atoms with Crippen LogP contribution < -0.4 is 15.4 Å². The molecule has 0 aliphatic heterocycles. The zero-order chi connectivity index (χ0) is 15.9. The first-order valence-electron chi connectivity index (χ1n) is 7.67. The van der Waals surface area contributed by atoms with Gasteiger partial charge < -0.3 is 20.5 Å². The summed E-state index contributed by atoms with van der Waals surface area (Å²) < 4.78 is 18.8. The highest BCUT2D eigenvalue weighted by molar-refractivity contribution is 5.74. The molecule has 1 aromatic carbocycles. The third kappa shape index (κ3) is 5.18. The fourth-order valence-electron chi connectivity index (χ4n) is 2.49. The van der Waals surface area contributed by atoms with E-state index in [1.807, 2.05) is 0 Å². The van der Waals surface area contributed by atoms with Crippen molar-refractivity contribution in [2.75, 3.05) is 6.61 Å². The number of hydrogen-bond donors (Lipinski definition) is 3. The van der Waals surface area contributed by atoms with Crippen molar-refractivity contribution in [3.05, 3.63) is 30.1 Å². The van der Waals surface area contributed by atoms with E-state index in [0.717, 1.165) is 25.7 Å². The summed E-state index contributed by atoms with van der Waals surface area (Å²) in [6.07, 6.45) is 2.77.